The van der Waals surface area contributed by atoms with Crippen LogP contribution >= 0.6 is 11.8 Å². The number of rotatable bonds is 9. The summed E-state index contributed by atoms with van der Waals surface area (Å²) in [6.07, 6.45) is 2.66. The van der Waals surface area contributed by atoms with Crippen LogP contribution in [0.25, 0.3) is 0 Å². The van der Waals surface area contributed by atoms with Crippen molar-refractivity contribution in [2.24, 2.45) is 4.99 Å². The van der Waals surface area contributed by atoms with Gasteiger partial charge in [0, 0.05) is 18.7 Å². The van der Waals surface area contributed by atoms with E-state index in [1.54, 1.807) is 23.1 Å². The second kappa shape index (κ2) is 10.6. The molecule has 2 amide bonds. The summed E-state index contributed by atoms with van der Waals surface area (Å²) in [7, 11) is 0. The number of ether oxygens (including phenoxy) is 1. The number of hydrogen-bond acceptors (Lipinski definition) is 5. The highest BCUT2D eigenvalue weighted by Gasteiger charge is 2.38. The first-order valence-corrected chi connectivity index (χ1v) is 10.7. The number of carbonyl (C=O) groups excluding carboxylic acids is 2. The van der Waals surface area contributed by atoms with Crippen LogP contribution < -0.4 is 10.1 Å². The van der Waals surface area contributed by atoms with E-state index < -0.39 is 5.25 Å². The van der Waals surface area contributed by atoms with E-state index in [1.807, 2.05) is 49.4 Å². The standard InChI is InChI=1S/C23H25N3O3S/c1-3-14-26-22(28)20(30-23(26)25-17-8-6-5-7-9-17)16-21(27)24-18-10-12-19(13-11-18)29-15-4-2/h3,5-13,20H,1,4,14-16H2,2H3,(H,24,27)/t20-/m0/s1. The van der Waals surface area contributed by atoms with Gasteiger partial charge in [-0.05, 0) is 42.8 Å². The number of aliphatic imine (C=N–C) groups is 1. The summed E-state index contributed by atoms with van der Waals surface area (Å²) in [4.78, 5) is 31.5. The van der Waals surface area contributed by atoms with Gasteiger partial charge in [0.25, 0.3) is 0 Å². The van der Waals surface area contributed by atoms with Crippen LogP contribution in [0.1, 0.15) is 19.8 Å². The van der Waals surface area contributed by atoms with Crippen LogP contribution in [0.2, 0.25) is 0 Å². The lowest BCUT2D eigenvalue weighted by Crippen LogP contribution is -2.33. The van der Waals surface area contributed by atoms with Crippen LogP contribution in [0.4, 0.5) is 11.4 Å². The highest BCUT2D eigenvalue weighted by atomic mass is 32.2. The van der Waals surface area contributed by atoms with Crippen LogP contribution in [0.3, 0.4) is 0 Å². The number of para-hydroxylation sites is 1. The van der Waals surface area contributed by atoms with Gasteiger partial charge in [0.05, 0.1) is 12.3 Å². The molecule has 1 atom stereocenters. The maximum absolute atomic E-state index is 12.8. The molecule has 1 aliphatic rings. The largest absolute Gasteiger partial charge is 0.494 e. The van der Waals surface area contributed by atoms with Crippen LogP contribution in [-0.4, -0.2) is 40.3 Å². The van der Waals surface area contributed by atoms with Crippen molar-refractivity contribution >= 4 is 40.1 Å². The number of thioether (sulfide) groups is 1. The minimum atomic E-state index is -0.514. The zero-order valence-corrected chi connectivity index (χ0v) is 17.7. The number of anilines is 1. The average molecular weight is 424 g/mol. The number of amidine groups is 1. The first-order chi connectivity index (χ1) is 14.6. The van der Waals surface area contributed by atoms with E-state index in [0.717, 1.165) is 17.9 Å². The van der Waals surface area contributed by atoms with Crippen molar-refractivity contribution in [2.45, 2.75) is 25.0 Å². The van der Waals surface area contributed by atoms with Gasteiger partial charge in [-0.1, -0.05) is 43.0 Å². The molecule has 7 heteroatoms. The normalized spacial score (nSPS) is 17.2. The molecular weight excluding hydrogens is 398 g/mol. The summed E-state index contributed by atoms with van der Waals surface area (Å²) >= 11 is 1.31. The van der Waals surface area contributed by atoms with E-state index >= 15 is 0 Å². The molecule has 1 saturated heterocycles. The van der Waals surface area contributed by atoms with Gasteiger partial charge in [-0.3, -0.25) is 14.5 Å². The molecule has 3 rings (SSSR count). The fourth-order valence-corrected chi connectivity index (χ4v) is 4.04. The fraction of sp³-hybridized carbons (Fsp3) is 0.261. The number of hydrogen-bond donors (Lipinski definition) is 1. The highest BCUT2D eigenvalue weighted by molar-refractivity contribution is 8.15. The lowest BCUT2D eigenvalue weighted by Gasteiger charge is -2.13. The number of carbonyl (C=O) groups is 2. The van der Waals surface area contributed by atoms with E-state index in [2.05, 4.69) is 16.9 Å². The summed E-state index contributed by atoms with van der Waals surface area (Å²) in [6, 6.07) is 16.7. The first kappa shape index (κ1) is 21.6. The van der Waals surface area contributed by atoms with E-state index in [0.29, 0.717) is 24.0 Å². The van der Waals surface area contributed by atoms with Gasteiger partial charge in [0.15, 0.2) is 5.17 Å². The molecule has 0 spiro atoms. The Morgan fingerprint density at radius 1 is 1.23 bits per heavy atom. The molecule has 0 radical (unpaired) electrons. The fourth-order valence-electron chi connectivity index (χ4n) is 2.87. The summed E-state index contributed by atoms with van der Waals surface area (Å²) in [6.45, 7) is 6.77. The Morgan fingerprint density at radius 2 is 1.97 bits per heavy atom. The van der Waals surface area contributed by atoms with Crippen molar-refractivity contribution in [3.63, 3.8) is 0 Å². The minimum Gasteiger partial charge on any atom is -0.494 e. The Bertz CT molecular complexity index is 913. The van der Waals surface area contributed by atoms with Gasteiger partial charge >= 0.3 is 0 Å². The van der Waals surface area contributed by atoms with Gasteiger partial charge < -0.3 is 10.1 Å². The van der Waals surface area contributed by atoms with Gasteiger partial charge in [0.1, 0.15) is 11.0 Å². The van der Waals surface area contributed by atoms with Crippen molar-refractivity contribution in [3.05, 3.63) is 67.3 Å². The summed E-state index contributed by atoms with van der Waals surface area (Å²) in [5.41, 5.74) is 1.43. The summed E-state index contributed by atoms with van der Waals surface area (Å²) in [5.74, 6) is 0.411. The molecule has 1 heterocycles. The van der Waals surface area contributed by atoms with E-state index in [-0.39, 0.29) is 18.2 Å². The first-order valence-electron chi connectivity index (χ1n) is 9.86. The third-order valence-electron chi connectivity index (χ3n) is 4.29. The molecule has 0 aromatic heterocycles. The second-order valence-corrected chi connectivity index (χ2v) is 7.87. The number of nitrogens with one attached hydrogen (secondary N) is 1. The van der Waals surface area contributed by atoms with Gasteiger partial charge in [-0.25, -0.2) is 4.99 Å². The molecule has 1 aliphatic heterocycles. The van der Waals surface area contributed by atoms with Crippen molar-refractivity contribution < 1.29 is 14.3 Å². The quantitative estimate of drug-likeness (QED) is 0.598. The van der Waals surface area contributed by atoms with Gasteiger partial charge in [-0.15, -0.1) is 6.58 Å². The average Bonchev–Trinajstić information content (AvgIpc) is 3.03. The molecule has 156 valence electrons. The number of benzene rings is 2. The molecule has 2 aromatic rings. The maximum Gasteiger partial charge on any atom is 0.242 e. The lowest BCUT2D eigenvalue weighted by molar-refractivity contribution is -0.127. The van der Waals surface area contributed by atoms with E-state index in [4.69, 9.17) is 4.74 Å². The molecule has 0 aliphatic carbocycles. The van der Waals surface area contributed by atoms with Crippen LogP contribution in [-0.2, 0) is 9.59 Å². The lowest BCUT2D eigenvalue weighted by atomic mass is 10.2. The van der Waals surface area contributed by atoms with Crippen molar-refractivity contribution in [1.82, 2.24) is 4.90 Å². The molecule has 1 fully saturated rings. The SMILES string of the molecule is C=CCN1C(=O)[C@H](CC(=O)Nc2ccc(OCCC)cc2)SC1=Nc1ccccc1. The van der Waals surface area contributed by atoms with Crippen LogP contribution in [0.15, 0.2) is 72.2 Å². The van der Waals surface area contributed by atoms with Gasteiger partial charge in [-0.2, -0.15) is 0 Å². The van der Waals surface area contributed by atoms with E-state index in [1.165, 1.54) is 11.8 Å². The predicted octanol–water partition coefficient (Wildman–Crippen LogP) is 4.62. The van der Waals surface area contributed by atoms with Crippen molar-refractivity contribution in [3.8, 4) is 5.75 Å². The Balaban J connectivity index is 1.64. The monoisotopic (exact) mass is 423 g/mol. The Morgan fingerprint density at radius 3 is 2.63 bits per heavy atom. The Kier molecular flexibility index (Phi) is 7.68. The Labute approximate surface area is 181 Å². The number of nitrogens with zero attached hydrogens (tertiary/aromatic N) is 2. The maximum atomic E-state index is 12.8. The van der Waals surface area contributed by atoms with Crippen molar-refractivity contribution in [2.75, 3.05) is 18.5 Å². The zero-order valence-electron chi connectivity index (χ0n) is 16.9. The third-order valence-corrected chi connectivity index (χ3v) is 5.47. The highest BCUT2D eigenvalue weighted by Crippen LogP contribution is 2.31. The zero-order chi connectivity index (χ0) is 21.3. The molecule has 6 nitrogen and oxygen atoms in total. The van der Waals surface area contributed by atoms with Crippen molar-refractivity contribution in [1.29, 1.82) is 0 Å². The molecule has 30 heavy (non-hydrogen) atoms. The molecule has 0 unspecified atom stereocenters. The van der Waals surface area contributed by atoms with Gasteiger partial charge in [0.2, 0.25) is 11.8 Å². The summed E-state index contributed by atoms with van der Waals surface area (Å²) < 4.78 is 5.54. The topological polar surface area (TPSA) is 71.0 Å². The molecule has 0 saturated carbocycles. The number of amides is 2. The predicted molar refractivity (Wildman–Crippen MR) is 122 cm³/mol. The Hall–Kier alpha value is -3.06. The molecule has 2 aromatic carbocycles. The van der Waals surface area contributed by atoms with Crippen LogP contribution in [0.5, 0.6) is 5.75 Å². The third kappa shape index (κ3) is 5.73. The second-order valence-electron chi connectivity index (χ2n) is 6.70. The minimum absolute atomic E-state index is 0.0685. The molecule has 0 bridgehead atoms. The summed E-state index contributed by atoms with van der Waals surface area (Å²) in [5, 5.41) is 2.92. The van der Waals surface area contributed by atoms with Crippen LogP contribution in [0, 0.1) is 0 Å². The molecule has 1 N–H and O–H groups in total. The smallest absolute Gasteiger partial charge is 0.242 e. The van der Waals surface area contributed by atoms with E-state index in [9.17, 15) is 9.59 Å². The molecular formula is C23H25N3O3S.